The van der Waals surface area contributed by atoms with E-state index < -0.39 is 0 Å². The molecule has 0 bridgehead atoms. The van der Waals surface area contributed by atoms with E-state index in [2.05, 4.69) is 36.4 Å². The van der Waals surface area contributed by atoms with E-state index in [4.69, 9.17) is 0 Å². The molecule has 0 aliphatic carbocycles. The highest BCUT2D eigenvalue weighted by Crippen LogP contribution is 2.22. The Bertz CT molecular complexity index is 227. The maximum atomic E-state index is 4.68. The van der Waals surface area contributed by atoms with Crippen molar-refractivity contribution in [2.75, 3.05) is 13.1 Å². The summed E-state index contributed by atoms with van der Waals surface area (Å²) < 4.78 is 0. The molecule has 3 heteroatoms. The Labute approximate surface area is 80.0 Å². The summed E-state index contributed by atoms with van der Waals surface area (Å²) in [5, 5.41) is 6.83. The fourth-order valence-corrected chi connectivity index (χ4v) is 2.00. The Kier molecular flexibility index (Phi) is 2.06. The quantitative estimate of drug-likeness (QED) is 0.627. The third-order valence-corrected chi connectivity index (χ3v) is 2.55. The molecular formula is C10H19N3. The lowest BCUT2D eigenvalue weighted by Crippen LogP contribution is -2.36. The Morgan fingerprint density at radius 3 is 2.77 bits per heavy atom. The van der Waals surface area contributed by atoms with Gasteiger partial charge in [0.25, 0.3) is 0 Å². The lowest BCUT2D eigenvalue weighted by molar-refractivity contribution is 0.429. The molecule has 2 aliphatic heterocycles. The molecule has 2 unspecified atom stereocenters. The first kappa shape index (κ1) is 9.00. The minimum Gasteiger partial charge on any atom is -0.368 e. The number of hydrogen-bond donors (Lipinski definition) is 2. The van der Waals surface area contributed by atoms with Crippen molar-refractivity contribution in [3.05, 3.63) is 0 Å². The Morgan fingerprint density at radius 1 is 1.38 bits per heavy atom. The second kappa shape index (κ2) is 2.98. The van der Waals surface area contributed by atoms with E-state index in [1.165, 1.54) is 5.84 Å². The third kappa shape index (κ3) is 2.02. The standard InChI is InChI=1S/C10H19N3/c1-10(2,3)4-9-12-7-5-11-6-8(7)13-9/h7-8,11H,4-6H2,1-3H3,(H,12,13). The van der Waals surface area contributed by atoms with Gasteiger partial charge in [0, 0.05) is 19.5 Å². The summed E-state index contributed by atoms with van der Waals surface area (Å²) in [7, 11) is 0. The molecule has 74 valence electrons. The zero-order valence-electron chi connectivity index (χ0n) is 8.72. The van der Waals surface area contributed by atoms with Gasteiger partial charge in [-0.25, -0.2) is 0 Å². The number of rotatable bonds is 1. The van der Waals surface area contributed by atoms with Gasteiger partial charge in [-0.15, -0.1) is 0 Å². The largest absolute Gasteiger partial charge is 0.368 e. The van der Waals surface area contributed by atoms with Crippen molar-refractivity contribution in [1.29, 1.82) is 0 Å². The van der Waals surface area contributed by atoms with Crippen LogP contribution in [-0.2, 0) is 0 Å². The maximum absolute atomic E-state index is 4.68. The van der Waals surface area contributed by atoms with Crippen LogP contribution in [0.15, 0.2) is 4.99 Å². The van der Waals surface area contributed by atoms with E-state index in [1.54, 1.807) is 0 Å². The lowest BCUT2D eigenvalue weighted by atomic mass is 9.92. The van der Waals surface area contributed by atoms with Gasteiger partial charge in [-0.2, -0.15) is 0 Å². The van der Waals surface area contributed by atoms with Crippen molar-refractivity contribution in [3.8, 4) is 0 Å². The zero-order valence-corrected chi connectivity index (χ0v) is 8.72. The van der Waals surface area contributed by atoms with E-state index in [0.717, 1.165) is 19.5 Å². The molecule has 0 saturated carbocycles. The van der Waals surface area contributed by atoms with Crippen molar-refractivity contribution >= 4 is 5.84 Å². The van der Waals surface area contributed by atoms with E-state index in [1.807, 2.05) is 0 Å². The fraction of sp³-hybridized carbons (Fsp3) is 0.900. The van der Waals surface area contributed by atoms with Crippen LogP contribution in [0.5, 0.6) is 0 Å². The first-order valence-corrected chi connectivity index (χ1v) is 5.08. The summed E-state index contributed by atoms with van der Waals surface area (Å²) in [5.41, 5.74) is 0.345. The smallest absolute Gasteiger partial charge is 0.0976 e. The molecule has 1 saturated heterocycles. The van der Waals surface area contributed by atoms with Crippen LogP contribution in [0.3, 0.4) is 0 Å². The first-order valence-electron chi connectivity index (χ1n) is 5.08. The average molecular weight is 181 g/mol. The van der Waals surface area contributed by atoms with Crippen molar-refractivity contribution in [1.82, 2.24) is 10.6 Å². The minimum absolute atomic E-state index is 0.345. The molecule has 13 heavy (non-hydrogen) atoms. The zero-order chi connectivity index (χ0) is 9.47. The van der Waals surface area contributed by atoms with Crippen LogP contribution in [0, 0.1) is 5.41 Å². The van der Waals surface area contributed by atoms with Gasteiger partial charge in [0.2, 0.25) is 0 Å². The van der Waals surface area contributed by atoms with Crippen LogP contribution in [0.25, 0.3) is 0 Å². The van der Waals surface area contributed by atoms with Gasteiger partial charge in [0.15, 0.2) is 0 Å². The van der Waals surface area contributed by atoms with E-state index >= 15 is 0 Å². The van der Waals surface area contributed by atoms with Crippen LogP contribution in [0.2, 0.25) is 0 Å². The van der Waals surface area contributed by atoms with Crippen LogP contribution in [0.4, 0.5) is 0 Å². The number of amidine groups is 1. The molecule has 1 fully saturated rings. The molecule has 2 rings (SSSR count). The molecule has 2 heterocycles. The number of hydrogen-bond acceptors (Lipinski definition) is 3. The molecule has 0 amide bonds. The van der Waals surface area contributed by atoms with Gasteiger partial charge < -0.3 is 10.6 Å². The van der Waals surface area contributed by atoms with Crippen LogP contribution >= 0.6 is 0 Å². The SMILES string of the molecule is CC(C)(C)CC1=NC2CNCC2N1. The van der Waals surface area contributed by atoms with Crippen LogP contribution < -0.4 is 10.6 Å². The number of fused-ring (bicyclic) bond motifs is 1. The predicted octanol–water partition coefficient (Wildman–Crippen LogP) is 0.765. The van der Waals surface area contributed by atoms with Crippen molar-refractivity contribution in [2.24, 2.45) is 10.4 Å². The topological polar surface area (TPSA) is 36.4 Å². The number of nitrogens with zero attached hydrogens (tertiary/aromatic N) is 1. The van der Waals surface area contributed by atoms with Crippen LogP contribution in [0.1, 0.15) is 27.2 Å². The van der Waals surface area contributed by atoms with Crippen LogP contribution in [-0.4, -0.2) is 31.0 Å². The van der Waals surface area contributed by atoms with Gasteiger partial charge in [0.1, 0.15) is 0 Å². The molecule has 2 aliphatic rings. The molecule has 3 nitrogen and oxygen atoms in total. The lowest BCUT2D eigenvalue weighted by Gasteiger charge is -2.18. The Balaban J connectivity index is 1.96. The molecule has 0 radical (unpaired) electrons. The first-order chi connectivity index (χ1) is 6.04. The number of aliphatic imine (C=N–C) groups is 1. The second-order valence-electron chi connectivity index (χ2n) is 5.29. The van der Waals surface area contributed by atoms with Crippen molar-refractivity contribution in [2.45, 2.75) is 39.3 Å². The Morgan fingerprint density at radius 2 is 2.15 bits per heavy atom. The van der Waals surface area contributed by atoms with Gasteiger partial charge in [-0.1, -0.05) is 20.8 Å². The normalized spacial score (nSPS) is 32.7. The van der Waals surface area contributed by atoms with Gasteiger partial charge in [-0.05, 0) is 5.41 Å². The molecule has 0 aromatic carbocycles. The predicted molar refractivity (Wildman–Crippen MR) is 55.1 cm³/mol. The van der Waals surface area contributed by atoms with Gasteiger partial charge in [0.05, 0.1) is 17.9 Å². The van der Waals surface area contributed by atoms with Crippen molar-refractivity contribution < 1.29 is 0 Å². The summed E-state index contributed by atoms with van der Waals surface area (Å²) in [6.07, 6.45) is 1.07. The molecule has 2 N–H and O–H groups in total. The molecule has 0 aromatic rings. The second-order valence-corrected chi connectivity index (χ2v) is 5.29. The monoisotopic (exact) mass is 181 g/mol. The molecule has 0 aromatic heterocycles. The number of nitrogens with one attached hydrogen (secondary N) is 2. The third-order valence-electron chi connectivity index (χ3n) is 2.55. The van der Waals surface area contributed by atoms with Crippen molar-refractivity contribution in [3.63, 3.8) is 0 Å². The highest BCUT2D eigenvalue weighted by molar-refractivity contribution is 5.85. The summed E-state index contributed by atoms with van der Waals surface area (Å²) in [6.45, 7) is 8.88. The summed E-state index contributed by atoms with van der Waals surface area (Å²) >= 11 is 0. The minimum atomic E-state index is 0.345. The highest BCUT2D eigenvalue weighted by Gasteiger charge is 2.33. The van der Waals surface area contributed by atoms with E-state index in [0.29, 0.717) is 17.5 Å². The average Bonchev–Trinajstić information content (AvgIpc) is 2.40. The van der Waals surface area contributed by atoms with E-state index in [9.17, 15) is 0 Å². The van der Waals surface area contributed by atoms with Gasteiger partial charge >= 0.3 is 0 Å². The summed E-state index contributed by atoms with van der Waals surface area (Å²) in [4.78, 5) is 4.68. The Hall–Kier alpha value is -0.570. The molecule has 0 spiro atoms. The van der Waals surface area contributed by atoms with E-state index in [-0.39, 0.29) is 0 Å². The molecule has 2 atom stereocenters. The fourth-order valence-electron chi connectivity index (χ4n) is 2.00. The summed E-state index contributed by atoms with van der Waals surface area (Å²) in [5.74, 6) is 1.21. The highest BCUT2D eigenvalue weighted by atomic mass is 15.2. The summed E-state index contributed by atoms with van der Waals surface area (Å²) in [6, 6.07) is 1.06. The molecular weight excluding hydrogens is 162 g/mol. The van der Waals surface area contributed by atoms with Gasteiger partial charge in [-0.3, -0.25) is 4.99 Å². The maximum Gasteiger partial charge on any atom is 0.0976 e.